The first-order valence-corrected chi connectivity index (χ1v) is 9.62. The van der Waals surface area contributed by atoms with Crippen LogP contribution in [0.15, 0.2) is 0 Å². The molecule has 0 bridgehead atoms. The lowest BCUT2D eigenvalue weighted by Crippen LogP contribution is -2.58. The minimum absolute atomic E-state index is 0.352. The van der Waals surface area contributed by atoms with Crippen LogP contribution in [0.25, 0.3) is 0 Å². The molecule has 3 nitrogen and oxygen atoms in total. The Kier molecular flexibility index (Phi) is 4.87. The first-order valence-electron chi connectivity index (χ1n) is 9.62. The Balaban J connectivity index is 1.40. The molecule has 1 aliphatic carbocycles. The maximum atomic E-state index is 10.6. The Labute approximate surface area is 137 Å². The van der Waals surface area contributed by atoms with Crippen molar-refractivity contribution in [3.63, 3.8) is 0 Å². The number of hydrogen-bond donors (Lipinski definition) is 1. The van der Waals surface area contributed by atoms with Crippen LogP contribution in [-0.4, -0.2) is 59.8 Å². The van der Waals surface area contributed by atoms with E-state index in [1.54, 1.807) is 0 Å². The first kappa shape index (κ1) is 16.7. The molecule has 3 aliphatic rings. The topological polar surface area (TPSA) is 26.7 Å². The minimum atomic E-state index is -0.352. The first-order chi connectivity index (χ1) is 10.4. The van der Waals surface area contributed by atoms with Gasteiger partial charge in [-0.15, -0.1) is 0 Å². The van der Waals surface area contributed by atoms with E-state index in [1.807, 2.05) is 0 Å². The summed E-state index contributed by atoms with van der Waals surface area (Å²) in [5, 5.41) is 10.6. The lowest BCUT2D eigenvalue weighted by molar-refractivity contribution is -0.173. The highest BCUT2D eigenvalue weighted by molar-refractivity contribution is 5.07. The van der Waals surface area contributed by atoms with Crippen LogP contribution in [0.3, 0.4) is 0 Å². The standard InChI is InChI=1S/C19H36N2O/c1-4-20-9-5-17(6-10-20)13-21-11-7-18(8-12-21)14-19(22,15-18)16(2)3/h16-17,22H,4-15H2,1-3H3. The minimum Gasteiger partial charge on any atom is -0.390 e. The van der Waals surface area contributed by atoms with E-state index in [-0.39, 0.29) is 5.60 Å². The summed E-state index contributed by atoms with van der Waals surface area (Å²) in [4.78, 5) is 5.30. The third kappa shape index (κ3) is 3.37. The number of likely N-dealkylation sites (tertiary alicyclic amines) is 2. The fraction of sp³-hybridized carbons (Fsp3) is 1.00. The maximum Gasteiger partial charge on any atom is 0.0681 e. The Bertz CT molecular complexity index is 358. The fourth-order valence-electron chi connectivity index (χ4n) is 5.07. The summed E-state index contributed by atoms with van der Waals surface area (Å²) < 4.78 is 0. The van der Waals surface area contributed by atoms with Gasteiger partial charge in [0.15, 0.2) is 0 Å². The quantitative estimate of drug-likeness (QED) is 0.865. The van der Waals surface area contributed by atoms with Crippen molar-refractivity contribution in [3.8, 4) is 0 Å². The van der Waals surface area contributed by atoms with Gasteiger partial charge in [0, 0.05) is 6.54 Å². The highest BCUT2D eigenvalue weighted by atomic mass is 16.3. The molecular weight excluding hydrogens is 272 g/mol. The summed E-state index contributed by atoms with van der Waals surface area (Å²) in [5.41, 5.74) is 0.135. The van der Waals surface area contributed by atoms with Crippen LogP contribution in [0.4, 0.5) is 0 Å². The van der Waals surface area contributed by atoms with Gasteiger partial charge in [-0.25, -0.2) is 0 Å². The molecule has 0 aromatic carbocycles. The fourth-order valence-corrected chi connectivity index (χ4v) is 5.07. The zero-order chi connectivity index (χ0) is 15.8. The predicted molar refractivity (Wildman–Crippen MR) is 92.0 cm³/mol. The van der Waals surface area contributed by atoms with Crippen molar-refractivity contribution in [2.24, 2.45) is 17.3 Å². The van der Waals surface area contributed by atoms with E-state index in [0.29, 0.717) is 11.3 Å². The lowest BCUT2D eigenvalue weighted by Gasteiger charge is -2.58. The molecule has 3 rings (SSSR count). The van der Waals surface area contributed by atoms with Crippen LogP contribution < -0.4 is 0 Å². The molecule has 3 heteroatoms. The molecule has 128 valence electrons. The van der Waals surface area contributed by atoms with Gasteiger partial charge in [0.25, 0.3) is 0 Å². The number of nitrogens with zero attached hydrogens (tertiary/aromatic N) is 2. The third-order valence-corrected chi connectivity index (χ3v) is 7.02. The smallest absolute Gasteiger partial charge is 0.0681 e. The molecule has 1 spiro atoms. The summed E-state index contributed by atoms with van der Waals surface area (Å²) in [7, 11) is 0. The molecule has 0 atom stereocenters. The van der Waals surface area contributed by atoms with Crippen molar-refractivity contribution in [2.45, 2.75) is 64.9 Å². The zero-order valence-electron chi connectivity index (χ0n) is 15.0. The van der Waals surface area contributed by atoms with Crippen molar-refractivity contribution in [1.82, 2.24) is 9.80 Å². The largest absolute Gasteiger partial charge is 0.390 e. The molecule has 22 heavy (non-hydrogen) atoms. The monoisotopic (exact) mass is 308 g/mol. The van der Waals surface area contributed by atoms with Crippen molar-refractivity contribution in [1.29, 1.82) is 0 Å². The summed E-state index contributed by atoms with van der Waals surface area (Å²) in [5.74, 6) is 1.34. The second kappa shape index (κ2) is 6.41. The van der Waals surface area contributed by atoms with Gasteiger partial charge in [0.2, 0.25) is 0 Å². The van der Waals surface area contributed by atoms with E-state index in [0.717, 1.165) is 18.8 Å². The molecule has 0 amide bonds. The highest BCUT2D eigenvalue weighted by Gasteiger charge is 2.55. The SMILES string of the molecule is CCN1CCC(CN2CCC3(CC2)CC(O)(C(C)C)C3)CC1. The van der Waals surface area contributed by atoms with Gasteiger partial charge in [-0.05, 0) is 88.5 Å². The number of hydrogen-bond acceptors (Lipinski definition) is 3. The van der Waals surface area contributed by atoms with Crippen LogP contribution >= 0.6 is 0 Å². The van der Waals surface area contributed by atoms with Crippen LogP contribution in [0.5, 0.6) is 0 Å². The lowest BCUT2D eigenvalue weighted by atomic mass is 9.52. The Hall–Kier alpha value is -0.120. The highest BCUT2D eigenvalue weighted by Crippen LogP contribution is 2.57. The van der Waals surface area contributed by atoms with Gasteiger partial charge in [0.05, 0.1) is 5.60 Å². The molecule has 2 heterocycles. The van der Waals surface area contributed by atoms with Gasteiger partial charge >= 0.3 is 0 Å². The number of piperidine rings is 2. The van der Waals surface area contributed by atoms with Crippen LogP contribution in [0, 0.1) is 17.3 Å². The maximum absolute atomic E-state index is 10.6. The average Bonchev–Trinajstić information content (AvgIpc) is 2.48. The number of rotatable bonds is 4. The third-order valence-electron chi connectivity index (χ3n) is 7.02. The van der Waals surface area contributed by atoms with Gasteiger partial charge in [0.1, 0.15) is 0 Å². The van der Waals surface area contributed by atoms with Gasteiger partial charge in [-0.1, -0.05) is 20.8 Å². The summed E-state index contributed by atoms with van der Waals surface area (Å²) in [6.07, 6.45) is 7.53. The molecular formula is C19H36N2O. The second-order valence-electron chi connectivity index (χ2n) is 8.79. The molecule has 3 fully saturated rings. The van der Waals surface area contributed by atoms with Gasteiger partial charge < -0.3 is 14.9 Å². The zero-order valence-corrected chi connectivity index (χ0v) is 15.0. The van der Waals surface area contributed by atoms with Crippen molar-refractivity contribution in [2.75, 3.05) is 39.3 Å². The predicted octanol–water partition coefficient (Wildman–Crippen LogP) is 2.98. The van der Waals surface area contributed by atoms with E-state index in [2.05, 4.69) is 30.6 Å². The average molecular weight is 309 g/mol. The molecule has 0 aromatic rings. The molecule has 0 unspecified atom stereocenters. The van der Waals surface area contributed by atoms with E-state index in [4.69, 9.17) is 0 Å². The second-order valence-corrected chi connectivity index (χ2v) is 8.79. The van der Waals surface area contributed by atoms with E-state index < -0.39 is 0 Å². The molecule has 2 aliphatic heterocycles. The molecule has 1 N–H and O–H groups in total. The molecule has 0 radical (unpaired) electrons. The van der Waals surface area contributed by atoms with Crippen LogP contribution in [0.1, 0.15) is 59.3 Å². The van der Waals surface area contributed by atoms with Crippen molar-refractivity contribution >= 4 is 0 Å². The van der Waals surface area contributed by atoms with E-state index >= 15 is 0 Å². The van der Waals surface area contributed by atoms with Crippen molar-refractivity contribution < 1.29 is 5.11 Å². The summed E-state index contributed by atoms with van der Waals surface area (Å²) >= 11 is 0. The van der Waals surface area contributed by atoms with E-state index in [1.165, 1.54) is 65.0 Å². The van der Waals surface area contributed by atoms with Crippen molar-refractivity contribution in [3.05, 3.63) is 0 Å². The molecule has 0 aromatic heterocycles. The Morgan fingerprint density at radius 2 is 1.59 bits per heavy atom. The molecule has 1 saturated carbocycles. The van der Waals surface area contributed by atoms with Gasteiger partial charge in [-0.3, -0.25) is 0 Å². The normalized spacial score (nSPS) is 29.9. The van der Waals surface area contributed by atoms with Gasteiger partial charge in [-0.2, -0.15) is 0 Å². The van der Waals surface area contributed by atoms with E-state index in [9.17, 15) is 5.11 Å². The summed E-state index contributed by atoms with van der Waals surface area (Å²) in [6.45, 7) is 14.3. The molecule has 2 saturated heterocycles. The van der Waals surface area contributed by atoms with Crippen LogP contribution in [-0.2, 0) is 0 Å². The number of aliphatic hydroxyl groups is 1. The Morgan fingerprint density at radius 1 is 1.00 bits per heavy atom. The summed E-state index contributed by atoms with van der Waals surface area (Å²) in [6, 6.07) is 0. The van der Waals surface area contributed by atoms with Crippen LogP contribution in [0.2, 0.25) is 0 Å². The Morgan fingerprint density at radius 3 is 2.09 bits per heavy atom.